The molecule has 1 amide bonds. The van der Waals surface area contributed by atoms with Gasteiger partial charge < -0.3 is 10.4 Å². The van der Waals surface area contributed by atoms with Crippen molar-refractivity contribution in [1.29, 1.82) is 0 Å². The van der Waals surface area contributed by atoms with Gasteiger partial charge >= 0.3 is 5.97 Å². The Morgan fingerprint density at radius 2 is 2.16 bits per heavy atom. The van der Waals surface area contributed by atoms with Gasteiger partial charge in [-0.1, -0.05) is 12.8 Å². The number of rotatable bonds is 5. The van der Waals surface area contributed by atoms with Gasteiger partial charge in [0.25, 0.3) is 0 Å². The van der Waals surface area contributed by atoms with Crippen molar-refractivity contribution in [3.05, 3.63) is 18.5 Å². The molecule has 1 saturated carbocycles. The van der Waals surface area contributed by atoms with Crippen molar-refractivity contribution in [3.8, 4) is 0 Å². The van der Waals surface area contributed by atoms with Gasteiger partial charge in [0, 0.05) is 18.9 Å². The Morgan fingerprint density at radius 3 is 2.68 bits per heavy atom. The molecule has 0 bridgehead atoms. The number of carboxylic acids is 1. The van der Waals surface area contributed by atoms with Crippen LogP contribution in [-0.4, -0.2) is 33.3 Å². The minimum atomic E-state index is -0.808. The molecule has 1 unspecified atom stereocenters. The first kappa shape index (κ1) is 13.6. The first-order valence-corrected chi connectivity index (χ1v) is 6.55. The van der Waals surface area contributed by atoms with Crippen LogP contribution < -0.4 is 5.32 Å². The van der Waals surface area contributed by atoms with Gasteiger partial charge in [-0.05, 0) is 25.8 Å². The van der Waals surface area contributed by atoms with E-state index in [0.29, 0.717) is 12.8 Å². The van der Waals surface area contributed by atoms with Gasteiger partial charge in [0.05, 0.1) is 5.41 Å². The fourth-order valence-electron chi connectivity index (χ4n) is 2.55. The molecule has 0 spiro atoms. The molecule has 1 aromatic heterocycles. The zero-order valence-electron chi connectivity index (χ0n) is 11.0. The molecule has 0 aliphatic heterocycles. The molecular formula is C13H19N3O3. The predicted molar refractivity (Wildman–Crippen MR) is 68.5 cm³/mol. The first-order chi connectivity index (χ1) is 9.05. The third-order valence-corrected chi connectivity index (χ3v) is 3.92. The Labute approximate surface area is 111 Å². The molecule has 2 N–H and O–H groups in total. The number of hydrogen-bond donors (Lipinski definition) is 2. The van der Waals surface area contributed by atoms with Crippen LogP contribution in [0.4, 0.5) is 0 Å². The summed E-state index contributed by atoms with van der Waals surface area (Å²) >= 11 is 0. The zero-order chi connectivity index (χ0) is 13.9. The summed E-state index contributed by atoms with van der Waals surface area (Å²) in [5.74, 6) is -1.01. The third kappa shape index (κ3) is 2.77. The highest BCUT2D eigenvalue weighted by atomic mass is 16.4. The van der Waals surface area contributed by atoms with Crippen molar-refractivity contribution in [3.63, 3.8) is 0 Å². The molecule has 1 fully saturated rings. The van der Waals surface area contributed by atoms with Gasteiger partial charge in [-0.2, -0.15) is 5.10 Å². The lowest BCUT2D eigenvalue weighted by atomic mass is 9.86. The van der Waals surface area contributed by atoms with E-state index in [0.717, 1.165) is 12.8 Å². The van der Waals surface area contributed by atoms with E-state index in [1.165, 1.54) is 0 Å². The number of carboxylic acid groups (broad SMARTS) is 1. The van der Waals surface area contributed by atoms with E-state index >= 15 is 0 Å². The Kier molecular flexibility index (Phi) is 3.87. The summed E-state index contributed by atoms with van der Waals surface area (Å²) in [5.41, 5.74) is -0.778. The Balaban J connectivity index is 1.94. The van der Waals surface area contributed by atoms with Crippen molar-refractivity contribution in [2.45, 2.75) is 38.6 Å². The van der Waals surface area contributed by atoms with Crippen LogP contribution in [0.2, 0.25) is 0 Å². The normalized spacial score (nSPS) is 19.0. The van der Waals surface area contributed by atoms with Crippen LogP contribution in [0, 0.1) is 5.41 Å². The second-order valence-corrected chi connectivity index (χ2v) is 5.17. The molecule has 1 aliphatic carbocycles. The standard InChI is InChI=1S/C13H19N3O3/c1-10(16-8-4-7-15-16)11(17)14-9-13(12(18)19)5-2-3-6-13/h4,7-8,10H,2-3,5-6,9H2,1H3,(H,14,17)(H,18,19). The van der Waals surface area contributed by atoms with Gasteiger partial charge in [-0.15, -0.1) is 0 Å². The van der Waals surface area contributed by atoms with Gasteiger partial charge in [-0.3, -0.25) is 14.3 Å². The monoisotopic (exact) mass is 265 g/mol. The molecule has 19 heavy (non-hydrogen) atoms. The van der Waals surface area contributed by atoms with Gasteiger partial charge in [0.1, 0.15) is 6.04 Å². The van der Waals surface area contributed by atoms with Gasteiger partial charge in [0.15, 0.2) is 0 Å². The van der Waals surface area contributed by atoms with Crippen LogP contribution in [-0.2, 0) is 9.59 Å². The highest BCUT2D eigenvalue weighted by Crippen LogP contribution is 2.37. The van der Waals surface area contributed by atoms with Crippen molar-refractivity contribution in [2.75, 3.05) is 6.54 Å². The molecule has 1 aromatic rings. The average molecular weight is 265 g/mol. The highest BCUT2D eigenvalue weighted by Gasteiger charge is 2.41. The lowest BCUT2D eigenvalue weighted by molar-refractivity contribution is -0.148. The second-order valence-electron chi connectivity index (χ2n) is 5.17. The Bertz CT molecular complexity index is 450. The lowest BCUT2D eigenvalue weighted by Gasteiger charge is -2.25. The fraction of sp³-hybridized carbons (Fsp3) is 0.615. The topological polar surface area (TPSA) is 84.2 Å². The minimum absolute atomic E-state index is 0.198. The summed E-state index contributed by atoms with van der Waals surface area (Å²) in [5, 5.41) is 16.1. The predicted octanol–water partition coefficient (Wildman–Crippen LogP) is 1.21. The van der Waals surface area contributed by atoms with Crippen LogP contribution in [0.15, 0.2) is 18.5 Å². The van der Waals surface area contributed by atoms with Crippen molar-refractivity contribution in [2.24, 2.45) is 5.41 Å². The molecule has 1 atom stereocenters. The molecule has 0 saturated heterocycles. The Hall–Kier alpha value is -1.85. The number of hydrogen-bond acceptors (Lipinski definition) is 3. The van der Waals surface area contributed by atoms with Crippen molar-refractivity contribution < 1.29 is 14.7 Å². The third-order valence-electron chi connectivity index (χ3n) is 3.92. The summed E-state index contributed by atoms with van der Waals surface area (Å²) in [4.78, 5) is 23.4. The summed E-state index contributed by atoms with van der Waals surface area (Å²) in [7, 11) is 0. The quantitative estimate of drug-likeness (QED) is 0.838. The van der Waals surface area contributed by atoms with E-state index in [9.17, 15) is 14.7 Å². The average Bonchev–Trinajstić information content (AvgIpc) is 3.06. The molecule has 6 nitrogen and oxygen atoms in total. The maximum absolute atomic E-state index is 12.0. The molecule has 104 valence electrons. The van der Waals surface area contributed by atoms with E-state index in [-0.39, 0.29) is 12.5 Å². The number of carbonyl (C=O) groups excluding carboxylic acids is 1. The smallest absolute Gasteiger partial charge is 0.311 e. The van der Waals surface area contributed by atoms with Crippen molar-refractivity contribution >= 4 is 11.9 Å². The fourth-order valence-corrected chi connectivity index (χ4v) is 2.55. The first-order valence-electron chi connectivity index (χ1n) is 6.55. The largest absolute Gasteiger partial charge is 0.481 e. The lowest BCUT2D eigenvalue weighted by Crippen LogP contribution is -2.43. The van der Waals surface area contributed by atoms with Gasteiger partial charge in [0.2, 0.25) is 5.91 Å². The molecule has 0 aromatic carbocycles. The van der Waals surface area contributed by atoms with Crippen LogP contribution in [0.3, 0.4) is 0 Å². The van der Waals surface area contributed by atoms with Gasteiger partial charge in [-0.25, -0.2) is 0 Å². The van der Waals surface area contributed by atoms with Crippen LogP contribution in [0.25, 0.3) is 0 Å². The molecule has 0 radical (unpaired) electrons. The summed E-state index contributed by atoms with van der Waals surface area (Å²) in [6, 6.07) is 1.32. The number of aromatic nitrogens is 2. The number of nitrogens with zero attached hydrogens (tertiary/aromatic N) is 2. The zero-order valence-corrected chi connectivity index (χ0v) is 11.0. The number of amides is 1. The highest BCUT2D eigenvalue weighted by molar-refractivity contribution is 5.81. The Morgan fingerprint density at radius 1 is 1.47 bits per heavy atom. The van der Waals surface area contributed by atoms with Crippen LogP contribution in [0.1, 0.15) is 38.6 Å². The van der Waals surface area contributed by atoms with Crippen molar-refractivity contribution in [1.82, 2.24) is 15.1 Å². The number of carbonyl (C=O) groups is 2. The van der Waals surface area contributed by atoms with E-state index in [2.05, 4.69) is 10.4 Å². The summed E-state index contributed by atoms with van der Waals surface area (Å²) in [6.45, 7) is 1.94. The maximum Gasteiger partial charge on any atom is 0.311 e. The van der Waals surface area contributed by atoms with E-state index < -0.39 is 17.4 Å². The summed E-state index contributed by atoms with van der Waals surface area (Å²) < 4.78 is 1.55. The molecule has 2 rings (SSSR count). The maximum atomic E-state index is 12.0. The number of aliphatic carboxylic acids is 1. The van der Waals surface area contributed by atoms with Crippen LogP contribution >= 0.6 is 0 Å². The number of nitrogens with one attached hydrogen (secondary N) is 1. The molecule has 6 heteroatoms. The molecular weight excluding hydrogens is 246 g/mol. The molecule has 1 aliphatic rings. The molecule has 1 heterocycles. The summed E-state index contributed by atoms with van der Waals surface area (Å²) in [6.07, 6.45) is 6.43. The van der Waals surface area contributed by atoms with E-state index in [1.54, 1.807) is 30.1 Å². The van der Waals surface area contributed by atoms with E-state index in [4.69, 9.17) is 0 Å². The SMILES string of the molecule is CC(C(=O)NCC1(C(=O)O)CCCC1)n1cccn1. The van der Waals surface area contributed by atoms with E-state index in [1.807, 2.05) is 0 Å². The minimum Gasteiger partial charge on any atom is -0.481 e. The van der Waals surface area contributed by atoms with Crippen LogP contribution in [0.5, 0.6) is 0 Å². The second kappa shape index (κ2) is 5.42.